The van der Waals surface area contributed by atoms with Crippen LogP contribution in [0.5, 0.6) is 11.5 Å². The monoisotopic (exact) mass is 386 g/mol. The van der Waals surface area contributed by atoms with E-state index in [0.717, 1.165) is 5.75 Å². The number of carbonyl (C=O) groups is 1. The lowest BCUT2D eigenvalue weighted by atomic mass is 10.0. The van der Waals surface area contributed by atoms with E-state index in [0.29, 0.717) is 31.8 Å². The molecule has 6 nitrogen and oxygen atoms in total. The summed E-state index contributed by atoms with van der Waals surface area (Å²) in [6.45, 7) is 5.28. The van der Waals surface area contributed by atoms with E-state index in [2.05, 4.69) is 10.6 Å². The molecule has 0 aromatic heterocycles. The summed E-state index contributed by atoms with van der Waals surface area (Å²) in [5.74, 6) is 1.24. The van der Waals surface area contributed by atoms with Gasteiger partial charge in [0.25, 0.3) is 5.91 Å². The average molecular weight is 386 g/mol. The number of amides is 1. The number of aliphatic hydroxyl groups is 1. The summed E-state index contributed by atoms with van der Waals surface area (Å²) in [4.78, 5) is 12.5. The molecule has 0 fully saturated rings. The second-order valence-electron chi connectivity index (χ2n) is 6.74. The van der Waals surface area contributed by atoms with E-state index in [1.807, 2.05) is 67.6 Å². The number of rotatable bonds is 12. The van der Waals surface area contributed by atoms with Crippen molar-refractivity contribution in [3.05, 3.63) is 60.7 Å². The van der Waals surface area contributed by atoms with Crippen molar-refractivity contribution in [1.29, 1.82) is 0 Å². The molecule has 6 heteroatoms. The van der Waals surface area contributed by atoms with E-state index in [1.54, 1.807) is 6.92 Å². The minimum absolute atomic E-state index is 0.159. The summed E-state index contributed by atoms with van der Waals surface area (Å²) in [5, 5.41) is 16.0. The Kier molecular flexibility index (Phi) is 8.78. The van der Waals surface area contributed by atoms with Crippen LogP contribution in [0.15, 0.2) is 60.7 Å². The predicted octanol–water partition coefficient (Wildman–Crippen LogP) is 2.38. The van der Waals surface area contributed by atoms with Crippen LogP contribution in [0.3, 0.4) is 0 Å². The van der Waals surface area contributed by atoms with Gasteiger partial charge < -0.3 is 25.2 Å². The average Bonchev–Trinajstić information content (AvgIpc) is 2.73. The third-order valence-corrected chi connectivity index (χ3v) is 4.39. The number of ether oxygens (including phenoxy) is 2. The molecule has 2 atom stereocenters. The molecular weight excluding hydrogens is 356 g/mol. The van der Waals surface area contributed by atoms with E-state index in [9.17, 15) is 9.90 Å². The van der Waals surface area contributed by atoms with Crippen LogP contribution in [0.25, 0.3) is 0 Å². The van der Waals surface area contributed by atoms with Crippen LogP contribution in [0.4, 0.5) is 0 Å². The molecule has 0 heterocycles. The lowest BCUT2D eigenvalue weighted by Gasteiger charge is -2.28. The Balaban J connectivity index is 1.64. The van der Waals surface area contributed by atoms with Crippen molar-refractivity contribution in [3.8, 4) is 11.5 Å². The van der Waals surface area contributed by atoms with E-state index in [-0.39, 0.29) is 12.5 Å². The number of benzene rings is 2. The van der Waals surface area contributed by atoms with E-state index < -0.39 is 11.7 Å². The van der Waals surface area contributed by atoms with E-state index in [4.69, 9.17) is 9.47 Å². The van der Waals surface area contributed by atoms with Crippen LogP contribution in [-0.2, 0) is 4.79 Å². The number of carbonyl (C=O) groups excluding carboxylic acids is 1. The largest absolute Gasteiger partial charge is 0.491 e. The second-order valence-corrected chi connectivity index (χ2v) is 6.74. The van der Waals surface area contributed by atoms with Gasteiger partial charge in [-0.3, -0.25) is 4.79 Å². The van der Waals surface area contributed by atoms with Gasteiger partial charge in [0.2, 0.25) is 0 Å². The molecule has 0 bridgehead atoms. The zero-order valence-corrected chi connectivity index (χ0v) is 16.6. The molecule has 28 heavy (non-hydrogen) atoms. The van der Waals surface area contributed by atoms with E-state index >= 15 is 0 Å². The number of hydrogen-bond donors (Lipinski definition) is 3. The first-order chi connectivity index (χ1) is 13.5. The third kappa shape index (κ3) is 7.21. The van der Waals surface area contributed by atoms with Gasteiger partial charge in [0.05, 0.1) is 0 Å². The van der Waals surface area contributed by atoms with Crippen molar-refractivity contribution in [2.75, 3.05) is 26.2 Å². The quantitative estimate of drug-likeness (QED) is 0.488. The summed E-state index contributed by atoms with van der Waals surface area (Å²) < 4.78 is 11.4. The minimum atomic E-state index is -0.926. The van der Waals surface area contributed by atoms with Gasteiger partial charge >= 0.3 is 0 Å². The lowest BCUT2D eigenvalue weighted by molar-refractivity contribution is -0.135. The standard InChI is InChI=1S/C22H30N2O4/c1-3-22(2,28-20-12-8-5-9-13-20)21(26)24-15-14-23-16-18(25)17-27-19-10-6-4-7-11-19/h4-13,18,23,25H,3,14-17H2,1-2H3,(H,24,26). The molecule has 3 N–H and O–H groups in total. The molecular formula is C22H30N2O4. The van der Waals surface area contributed by atoms with Crippen LogP contribution in [0, 0.1) is 0 Å². The first kappa shape index (κ1) is 21.7. The van der Waals surface area contributed by atoms with Crippen molar-refractivity contribution in [2.45, 2.75) is 32.0 Å². The van der Waals surface area contributed by atoms with E-state index in [1.165, 1.54) is 0 Å². The Morgan fingerprint density at radius 2 is 1.64 bits per heavy atom. The second kappa shape index (κ2) is 11.3. The van der Waals surface area contributed by atoms with Gasteiger partial charge in [-0.15, -0.1) is 0 Å². The number of nitrogens with one attached hydrogen (secondary N) is 2. The fraction of sp³-hybridized carbons (Fsp3) is 0.409. The molecule has 1 amide bonds. The maximum absolute atomic E-state index is 12.5. The molecule has 152 valence electrons. The minimum Gasteiger partial charge on any atom is -0.491 e. The third-order valence-electron chi connectivity index (χ3n) is 4.39. The molecule has 0 saturated heterocycles. The smallest absolute Gasteiger partial charge is 0.263 e. The van der Waals surface area contributed by atoms with Gasteiger partial charge in [0, 0.05) is 19.6 Å². The Bertz CT molecular complexity index is 696. The predicted molar refractivity (Wildman–Crippen MR) is 110 cm³/mol. The lowest BCUT2D eigenvalue weighted by Crippen LogP contribution is -2.50. The first-order valence-corrected chi connectivity index (χ1v) is 9.62. The number of hydrogen-bond acceptors (Lipinski definition) is 5. The molecule has 2 aromatic carbocycles. The highest BCUT2D eigenvalue weighted by Gasteiger charge is 2.33. The van der Waals surface area contributed by atoms with Gasteiger partial charge in [0.15, 0.2) is 5.60 Å². The summed E-state index contributed by atoms with van der Waals surface area (Å²) in [7, 11) is 0. The number of para-hydroxylation sites is 2. The highest BCUT2D eigenvalue weighted by atomic mass is 16.5. The zero-order chi connectivity index (χ0) is 20.2. The van der Waals surface area contributed by atoms with Crippen LogP contribution in [0.2, 0.25) is 0 Å². The van der Waals surface area contributed by atoms with Crippen LogP contribution in [0.1, 0.15) is 20.3 Å². The maximum Gasteiger partial charge on any atom is 0.263 e. The van der Waals surface area contributed by atoms with Crippen molar-refractivity contribution >= 4 is 5.91 Å². The van der Waals surface area contributed by atoms with Crippen LogP contribution in [-0.4, -0.2) is 49.0 Å². The Hall–Kier alpha value is -2.57. The highest BCUT2D eigenvalue weighted by molar-refractivity contribution is 5.85. The summed E-state index contributed by atoms with van der Waals surface area (Å²) >= 11 is 0. The van der Waals surface area contributed by atoms with Gasteiger partial charge in [0.1, 0.15) is 24.2 Å². The van der Waals surface area contributed by atoms with Gasteiger partial charge in [-0.05, 0) is 37.6 Å². The number of aliphatic hydroxyl groups excluding tert-OH is 1. The Labute approximate surface area is 166 Å². The molecule has 2 aromatic rings. The zero-order valence-electron chi connectivity index (χ0n) is 16.6. The van der Waals surface area contributed by atoms with Crippen LogP contribution >= 0.6 is 0 Å². The first-order valence-electron chi connectivity index (χ1n) is 9.62. The van der Waals surface area contributed by atoms with Gasteiger partial charge in [-0.1, -0.05) is 43.3 Å². The molecule has 2 unspecified atom stereocenters. The fourth-order valence-electron chi connectivity index (χ4n) is 2.52. The van der Waals surface area contributed by atoms with Crippen molar-refractivity contribution in [3.63, 3.8) is 0 Å². The Morgan fingerprint density at radius 3 is 2.25 bits per heavy atom. The molecule has 0 aliphatic rings. The Morgan fingerprint density at radius 1 is 1.04 bits per heavy atom. The molecule has 0 spiro atoms. The van der Waals surface area contributed by atoms with Gasteiger partial charge in [-0.25, -0.2) is 0 Å². The van der Waals surface area contributed by atoms with Crippen molar-refractivity contribution < 1.29 is 19.4 Å². The fourth-order valence-corrected chi connectivity index (χ4v) is 2.52. The molecule has 0 saturated carbocycles. The maximum atomic E-state index is 12.5. The molecule has 0 aliphatic carbocycles. The SMILES string of the molecule is CCC(C)(Oc1ccccc1)C(=O)NCCNCC(O)COc1ccccc1. The van der Waals surface area contributed by atoms with Gasteiger partial charge in [-0.2, -0.15) is 0 Å². The highest BCUT2D eigenvalue weighted by Crippen LogP contribution is 2.21. The summed E-state index contributed by atoms with van der Waals surface area (Å²) in [6, 6.07) is 18.7. The summed E-state index contributed by atoms with van der Waals surface area (Å²) in [6.07, 6.45) is -0.0744. The molecule has 0 radical (unpaired) electrons. The van der Waals surface area contributed by atoms with Crippen molar-refractivity contribution in [2.24, 2.45) is 0 Å². The normalized spacial score (nSPS) is 14.0. The summed E-state index contributed by atoms with van der Waals surface area (Å²) in [5.41, 5.74) is -0.926. The molecule has 0 aliphatic heterocycles. The molecule has 2 rings (SSSR count). The van der Waals surface area contributed by atoms with Crippen molar-refractivity contribution in [1.82, 2.24) is 10.6 Å². The topological polar surface area (TPSA) is 79.8 Å². The van der Waals surface area contributed by atoms with Crippen LogP contribution < -0.4 is 20.1 Å².